The van der Waals surface area contributed by atoms with Crippen molar-refractivity contribution in [3.05, 3.63) is 87.2 Å². The molecule has 0 fully saturated rings. The first-order chi connectivity index (χ1) is 15.6. The van der Waals surface area contributed by atoms with Gasteiger partial charge >= 0.3 is 6.18 Å². The molecule has 33 heavy (non-hydrogen) atoms. The van der Waals surface area contributed by atoms with Crippen molar-refractivity contribution in [2.24, 2.45) is 5.73 Å². The molecule has 4 rings (SSSR count). The molecule has 0 unspecified atom stereocenters. The minimum Gasteiger partial charge on any atom is -0.364 e. The molecule has 0 aliphatic rings. The van der Waals surface area contributed by atoms with Gasteiger partial charge in [0.25, 0.3) is 11.5 Å². The summed E-state index contributed by atoms with van der Waals surface area (Å²) in [4.78, 5) is 33.3. The van der Waals surface area contributed by atoms with Crippen LogP contribution < -0.4 is 11.3 Å². The number of alkyl halides is 3. The monoisotopic (exact) mass is 474 g/mol. The average molecular weight is 475 g/mol. The summed E-state index contributed by atoms with van der Waals surface area (Å²) in [5.41, 5.74) is 3.31. The predicted octanol–water partition coefficient (Wildman–Crippen LogP) is 3.56. The second-order valence-electron chi connectivity index (χ2n) is 6.91. The van der Waals surface area contributed by atoms with E-state index in [0.29, 0.717) is 16.5 Å². The van der Waals surface area contributed by atoms with Gasteiger partial charge in [0, 0.05) is 11.9 Å². The van der Waals surface area contributed by atoms with E-state index in [1.54, 1.807) is 18.2 Å². The second-order valence-corrected chi connectivity index (χ2v) is 7.35. The van der Waals surface area contributed by atoms with Crippen molar-refractivity contribution in [2.75, 3.05) is 0 Å². The van der Waals surface area contributed by atoms with Gasteiger partial charge in [0.1, 0.15) is 5.69 Å². The van der Waals surface area contributed by atoms with E-state index < -0.39 is 28.9 Å². The number of carbonyl (C=O) groups excluding carboxylic acids is 1. The van der Waals surface area contributed by atoms with Gasteiger partial charge in [0.2, 0.25) is 0 Å². The maximum Gasteiger partial charge on any atom is 0.416 e. The van der Waals surface area contributed by atoms with E-state index in [-0.39, 0.29) is 17.1 Å². The van der Waals surface area contributed by atoms with E-state index in [2.05, 4.69) is 15.1 Å². The number of nitrogens with zero attached hydrogens (tertiary/aromatic N) is 5. The Kier molecular flexibility index (Phi) is 5.50. The summed E-state index contributed by atoms with van der Waals surface area (Å²) < 4.78 is 42.1. The lowest BCUT2D eigenvalue weighted by Crippen LogP contribution is -2.32. The van der Waals surface area contributed by atoms with Gasteiger partial charge in [-0.2, -0.15) is 18.3 Å². The number of halogens is 4. The van der Waals surface area contributed by atoms with Gasteiger partial charge in [-0.1, -0.05) is 17.7 Å². The molecule has 0 aliphatic carbocycles. The number of carbonyl (C=O) groups is 1. The van der Waals surface area contributed by atoms with E-state index >= 15 is 0 Å². The molecule has 0 spiro atoms. The molecular formula is C21H14ClF3N6O2. The number of pyridine rings is 1. The summed E-state index contributed by atoms with van der Waals surface area (Å²) in [7, 11) is 0. The normalized spacial score (nSPS) is 11.5. The number of rotatable bonds is 4. The summed E-state index contributed by atoms with van der Waals surface area (Å²) >= 11 is 5.89. The minimum atomic E-state index is -4.63. The fraction of sp³-hybridized carbons (Fsp3) is 0.0952. The molecule has 2 N–H and O–H groups in total. The second kappa shape index (κ2) is 8.17. The molecule has 8 nitrogen and oxygen atoms in total. The first kappa shape index (κ1) is 22.2. The van der Waals surface area contributed by atoms with Gasteiger partial charge in [0.15, 0.2) is 11.5 Å². The Morgan fingerprint density at radius 2 is 1.91 bits per heavy atom. The molecule has 3 aromatic heterocycles. The summed E-state index contributed by atoms with van der Waals surface area (Å²) in [6, 6.07) is 8.90. The number of amides is 1. The maximum atomic E-state index is 13.3. The van der Waals surface area contributed by atoms with Crippen LogP contribution in [0.1, 0.15) is 21.7 Å². The van der Waals surface area contributed by atoms with Crippen LogP contribution in [0, 0.1) is 6.92 Å². The Morgan fingerprint density at radius 1 is 1.15 bits per heavy atom. The van der Waals surface area contributed by atoms with Crippen LogP contribution in [0.2, 0.25) is 5.02 Å². The molecule has 168 valence electrons. The van der Waals surface area contributed by atoms with Crippen molar-refractivity contribution in [1.82, 2.24) is 24.3 Å². The highest BCUT2D eigenvalue weighted by Crippen LogP contribution is 2.31. The zero-order valence-corrected chi connectivity index (χ0v) is 17.6. The Morgan fingerprint density at radius 3 is 2.55 bits per heavy atom. The molecule has 0 bridgehead atoms. The predicted molar refractivity (Wildman–Crippen MR) is 113 cm³/mol. The third-order valence-electron chi connectivity index (χ3n) is 4.79. The lowest BCUT2D eigenvalue weighted by Gasteiger charge is -2.17. The number of hydrogen-bond acceptors (Lipinski definition) is 5. The summed E-state index contributed by atoms with van der Waals surface area (Å²) in [6.45, 7) is 1.49. The lowest BCUT2D eigenvalue weighted by molar-refractivity contribution is -0.137. The average Bonchev–Trinajstić information content (AvgIpc) is 3.23. The smallest absolute Gasteiger partial charge is 0.364 e. The summed E-state index contributed by atoms with van der Waals surface area (Å²) in [5, 5.41) is 4.60. The molecule has 12 heteroatoms. The van der Waals surface area contributed by atoms with Crippen LogP contribution in [0.5, 0.6) is 0 Å². The SMILES string of the molecule is Cc1c(-c2ccnn2-c2ccc(Cl)cn2)nc(C(N)=O)c(=O)n1-c1cccc(C(F)(F)F)c1. The fourth-order valence-corrected chi connectivity index (χ4v) is 3.41. The van der Waals surface area contributed by atoms with Gasteiger partial charge in [-0.25, -0.2) is 14.6 Å². The van der Waals surface area contributed by atoms with Crippen LogP contribution >= 0.6 is 11.6 Å². The standard InChI is InChI=1S/C21H14ClF3N6O2/c1-11-17(15-7-8-28-31(15)16-6-5-13(22)10-27-16)29-18(19(26)32)20(33)30(11)14-4-2-3-12(9-14)21(23,24)25/h2-10H,1H3,(H2,26,32). The first-order valence-corrected chi connectivity index (χ1v) is 9.73. The van der Waals surface area contributed by atoms with Crippen LogP contribution in [0.25, 0.3) is 22.9 Å². The Labute approximate surface area is 189 Å². The van der Waals surface area contributed by atoms with Gasteiger partial charge in [-0.15, -0.1) is 0 Å². The van der Waals surface area contributed by atoms with Gasteiger partial charge in [0.05, 0.1) is 28.2 Å². The maximum absolute atomic E-state index is 13.3. The molecule has 0 saturated heterocycles. The number of aromatic nitrogens is 5. The van der Waals surface area contributed by atoms with Gasteiger partial charge in [-0.05, 0) is 43.3 Å². The molecule has 0 aliphatic heterocycles. The van der Waals surface area contributed by atoms with E-state index in [0.717, 1.165) is 22.8 Å². The quantitative estimate of drug-likeness (QED) is 0.486. The molecule has 3 heterocycles. The molecule has 0 radical (unpaired) electrons. The van der Waals surface area contributed by atoms with E-state index in [9.17, 15) is 22.8 Å². The van der Waals surface area contributed by atoms with E-state index in [1.165, 1.54) is 30.1 Å². The van der Waals surface area contributed by atoms with Crippen LogP contribution in [0.4, 0.5) is 13.2 Å². The molecule has 0 atom stereocenters. The first-order valence-electron chi connectivity index (χ1n) is 9.35. The number of nitrogens with two attached hydrogens (primary N) is 1. The third-order valence-corrected chi connectivity index (χ3v) is 5.01. The Balaban J connectivity index is 2.00. The van der Waals surface area contributed by atoms with Crippen molar-refractivity contribution in [3.63, 3.8) is 0 Å². The van der Waals surface area contributed by atoms with Crippen LogP contribution in [0.3, 0.4) is 0 Å². The van der Waals surface area contributed by atoms with E-state index in [4.69, 9.17) is 17.3 Å². The van der Waals surface area contributed by atoms with Crippen molar-refractivity contribution in [3.8, 4) is 22.9 Å². The van der Waals surface area contributed by atoms with Crippen molar-refractivity contribution >= 4 is 17.5 Å². The number of primary amides is 1. The fourth-order valence-electron chi connectivity index (χ4n) is 3.30. The Bertz CT molecular complexity index is 1430. The van der Waals surface area contributed by atoms with Crippen LogP contribution in [0.15, 0.2) is 59.7 Å². The molecule has 0 saturated carbocycles. The van der Waals surface area contributed by atoms with E-state index in [1.807, 2.05) is 0 Å². The summed E-state index contributed by atoms with van der Waals surface area (Å²) in [6.07, 6.45) is -1.79. The highest BCUT2D eigenvalue weighted by atomic mass is 35.5. The lowest BCUT2D eigenvalue weighted by atomic mass is 10.1. The third kappa shape index (κ3) is 4.10. The Hall–Kier alpha value is -3.99. The van der Waals surface area contributed by atoms with Crippen LogP contribution in [-0.4, -0.2) is 30.2 Å². The largest absolute Gasteiger partial charge is 0.416 e. The van der Waals surface area contributed by atoms with Gasteiger partial charge < -0.3 is 5.73 Å². The zero-order valence-electron chi connectivity index (χ0n) is 16.8. The molecule has 4 aromatic rings. The molecular weight excluding hydrogens is 461 g/mol. The van der Waals surface area contributed by atoms with Gasteiger partial charge in [-0.3, -0.25) is 14.2 Å². The summed E-state index contributed by atoms with van der Waals surface area (Å²) in [5.74, 6) is -0.768. The number of benzene rings is 1. The van der Waals surface area contributed by atoms with Crippen molar-refractivity contribution < 1.29 is 18.0 Å². The van der Waals surface area contributed by atoms with Crippen molar-refractivity contribution in [2.45, 2.75) is 13.1 Å². The minimum absolute atomic E-state index is 0.103. The molecule has 1 amide bonds. The van der Waals surface area contributed by atoms with Crippen molar-refractivity contribution in [1.29, 1.82) is 0 Å². The van der Waals surface area contributed by atoms with Crippen LogP contribution in [-0.2, 0) is 6.18 Å². The molecule has 1 aromatic carbocycles. The zero-order chi connectivity index (χ0) is 23.9. The topological polar surface area (TPSA) is 109 Å². The highest BCUT2D eigenvalue weighted by Gasteiger charge is 2.31. The highest BCUT2D eigenvalue weighted by molar-refractivity contribution is 6.30. The number of hydrogen-bond donors (Lipinski definition) is 1.